The lowest BCUT2D eigenvalue weighted by Crippen LogP contribution is -2.39. The van der Waals surface area contributed by atoms with Crippen molar-refractivity contribution < 1.29 is 13.7 Å². The highest BCUT2D eigenvalue weighted by atomic mass is 32.1. The first-order valence-electron chi connectivity index (χ1n) is 9.09. The summed E-state index contributed by atoms with van der Waals surface area (Å²) in [6.45, 7) is 1.60. The summed E-state index contributed by atoms with van der Waals surface area (Å²) in [5.41, 5.74) is 1.49. The predicted molar refractivity (Wildman–Crippen MR) is 101 cm³/mol. The van der Waals surface area contributed by atoms with Crippen LogP contribution in [0.5, 0.6) is 0 Å². The molecule has 1 amide bonds. The minimum absolute atomic E-state index is 0.124. The standard InChI is InChI=1S/C20H20FN3O2S/c21-17-6-4-15(5-7-17)19-22-18(23-26-19)8-3-14-2-1-10-24(12-14)20(25)16-9-11-27-13-16/h4-7,9,11,13-14H,1-3,8,10,12H2. The number of amides is 1. The summed E-state index contributed by atoms with van der Waals surface area (Å²) in [6.07, 6.45) is 3.75. The van der Waals surface area contributed by atoms with Gasteiger partial charge in [-0.1, -0.05) is 5.16 Å². The number of rotatable bonds is 5. The third-order valence-electron chi connectivity index (χ3n) is 4.91. The molecule has 7 heteroatoms. The fraction of sp³-hybridized carbons (Fsp3) is 0.350. The number of hydrogen-bond donors (Lipinski definition) is 0. The fourth-order valence-corrected chi connectivity index (χ4v) is 4.08. The highest BCUT2D eigenvalue weighted by Gasteiger charge is 2.25. The van der Waals surface area contributed by atoms with Crippen molar-refractivity contribution in [3.05, 3.63) is 58.3 Å². The SMILES string of the molecule is O=C(c1ccsc1)N1CCCC(CCc2noc(-c3ccc(F)cc3)n2)C1. The van der Waals surface area contributed by atoms with Gasteiger partial charge in [-0.15, -0.1) is 0 Å². The minimum Gasteiger partial charge on any atom is -0.338 e. The zero-order chi connectivity index (χ0) is 18.6. The van der Waals surface area contributed by atoms with Crippen LogP contribution in [0.25, 0.3) is 11.5 Å². The van der Waals surface area contributed by atoms with Gasteiger partial charge in [0, 0.05) is 30.5 Å². The van der Waals surface area contributed by atoms with E-state index in [2.05, 4.69) is 10.1 Å². The van der Waals surface area contributed by atoms with Crippen molar-refractivity contribution in [3.8, 4) is 11.5 Å². The van der Waals surface area contributed by atoms with E-state index in [0.29, 0.717) is 29.6 Å². The number of nitrogens with zero attached hydrogens (tertiary/aromatic N) is 3. The lowest BCUT2D eigenvalue weighted by atomic mass is 9.93. The van der Waals surface area contributed by atoms with Crippen LogP contribution in [-0.2, 0) is 6.42 Å². The van der Waals surface area contributed by atoms with Crippen LogP contribution in [0.2, 0.25) is 0 Å². The molecule has 0 N–H and O–H groups in total. The Morgan fingerprint density at radius 1 is 1.30 bits per heavy atom. The first-order valence-corrected chi connectivity index (χ1v) is 10.0. The van der Waals surface area contributed by atoms with Gasteiger partial charge in [0.2, 0.25) is 0 Å². The van der Waals surface area contributed by atoms with Gasteiger partial charge in [-0.25, -0.2) is 4.39 Å². The third kappa shape index (κ3) is 4.24. The van der Waals surface area contributed by atoms with Crippen LogP contribution >= 0.6 is 11.3 Å². The first kappa shape index (κ1) is 17.9. The van der Waals surface area contributed by atoms with Crippen LogP contribution in [0.4, 0.5) is 4.39 Å². The van der Waals surface area contributed by atoms with Gasteiger partial charge in [-0.3, -0.25) is 4.79 Å². The fourth-order valence-electron chi connectivity index (χ4n) is 3.45. The summed E-state index contributed by atoms with van der Waals surface area (Å²) in [5, 5.41) is 7.87. The number of thiophene rings is 1. The minimum atomic E-state index is -0.294. The molecule has 1 unspecified atom stereocenters. The monoisotopic (exact) mass is 385 g/mol. The van der Waals surface area contributed by atoms with Crippen molar-refractivity contribution >= 4 is 17.2 Å². The van der Waals surface area contributed by atoms with E-state index in [9.17, 15) is 9.18 Å². The van der Waals surface area contributed by atoms with Crippen LogP contribution in [0.1, 0.15) is 35.4 Å². The summed E-state index contributed by atoms with van der Waals surface area (Å²) >= 11 is 1.55. The van der Waals surface area contributed by atoms with Gasteiger partial charge in [-0.05, 0) is 60.9 Å². The Bertz CT molecular complexity index is 892. The maximum Gasteiger partial charge on any atom is 0.257 e. The first-order chi connectivity index (χ1) is 13.2. The molecule has 2 aromatic heterocycles. The van der Waals surface area contributed by atoms with E-state index in [1.54, 1.807) is 23.5 Å². The lowest BCUT2D eigenvalue weighted by molar-refractivity contribution is 0.0668. The molecule has 1 atom stereocenters. The number of carbonyl (C=O) groups excluding carboxylic acids is 1. The summed E-state index contributed by atoms with van der Waals surface area (Å²) in [4.78, 5) is 18.9. The zero-order valence-corrected chi connectivity index (χ0v) is 15.6. The van der Waals surface area contributed by atoms with Gasteiger partial charge in [-0.2, -0.15) is 16.3 Å². The molecule has 1 aromatic carbocycles. The molecule has 1 fully saturated rings. The van der Waals surface area contributed by atoms with Crippen molar-refractivity contribution in [1.29, 1.82) is 0 Å². The Morgan fingerprint density at radius 3 is 2.93 bits per heavy atom. The summed E-state index contributed by atoms with van der Waals surface area (Å²) < 4.78 is 18.3. The largest absolute Gasteiger partial charge is 0.338 e. The van der Waals surface area contributed by atoms with Crippen molar-refractivity contribution in [2.24, 2.45) is 5.92 Å². The zero-order valence-electron chi connectivity index (χ0n) is 14.8. The van der Waals surface area contributed by atoms with Crippen LogP contribution < -0.4 is 0 Å². The van der Waals surface area contributed by atoms with Crippen LogP contribution in [0.15, 0.2) is 45.6 Å². The van der Waals surface area contributed by atoms with Gasteiger partial charge in [0.25, 0.3) is 11.8 Å². The third-order valence-corrected chi connectivity index (χ3v) is 5.59. The van der Waals surface area contributed by atoms with E-state index in [1.165, 1.54) is 12.1 Å². The van der Waals surface area contributed by atoms with Gasteiger partial charge in [0.15, 0.2) is 5.82 Å². The number of aromatic nitrogens is 2. The van der Waals surface area contributed by atoms with Gasteiger partial charge in [0.1, 0.15) is 5.82 Å². The molecule has 0 radical (unpaired) electrons. The lowest BCUT2D eigenvalue weighted by Gasteiger charge is -2.32. The molecule has 0 bridgehead atoms. The average molecular weight is 385 g/mol. The quantitative estimate of drug-likeness (QED) is 0.652. The predicted octanol–water partition coefficient (Wildman–Crippen LogP) is 4.42. The maximum absolute atomic E-state index is 13.0. The molecule has 0 aliphatic carbocycles. The van der Waals surface area contributed by atoms with Gasteiger partial charge < -0.3 is 9.42 Å². The van der Waals surface area contributed by atoms with Crippen molar-refractivity contribution in [1.82, 2.24) is 15.0 Å². The normalized spacial score (nSPS) is 17.2. The van der Waals surface area contributed by atoms with E-state index in [0.717, 1.165) is 37.9 Å². The van der Waals surface area contributed by atoms with Gasteiger partial charge in [0.05, 0.1) is 5.56 Å². The highest BCUT2D eigenvalue weighted by Crippen LogP contribution is 2.24. The molecule has 1 aliphatic heterocycles. The Balaban J connectivity index is 1.33. The molecule has 5 nitrogen and oxygen atoms in total. The molecule has 0 saturated carbocycles. The Morgan fingerprint density at radius 2 is 2.15 bits per heavy atom. The van der Waals surface area contributed by atoms with E-state index in [1.807, 2.05) is 21.7 Å². The molecule has 140 valence electrons. The van der Waals surface area contributed by atoms with Crippen molar-refractivity contribution in [2.75, 3.05) is 13.1 Å². The molecular formula is C20H20FN3O2S. The smallest absolute Gasteiger partial charge is 0.257 e. The molecule has 4 rings (SSSR count). The van der Waals surface area contributed by atoms with Crippen molar-refractivity contribution in [2.45, 2.75) is 25.7 Å². The summed E-state index contributed by atoms with van der Waals surface area (Å²) in [6, 6.07) is 7.89. The van der Waals surface area contributed by atoms with Crippen molar-refractivity contribution in [3.63, 3.8) is 0 Å². The van der Waals surface area contributed by atoms with Crippen LogP contribution in [-0.4, -0.2) is 34.0 Å². The summed E-state index contributed by atoms with van der Waals surface area (Å²) in [7, 11) is 0. The number of carbonyl (C=O) groups is 1. The Labute approximate surface area is 160 Å². The Kier molecular flexibility index (Phi) is 5.29. The number of halogens is 1. The number of piperidine rings is 1. The number of hydrogen-bond acceptors (Lipinski definition) is 5. The number of aryl methyl sites for hydroxylation is 1. The molecule has 3 aromatic rings. The van der Waals surface area contributed by atoms with Gasteiger partial charge >= 0.3 is 0 Å². The van der Waals surface area contributed by atoms with Crippen LogP contribution in [0, 0.1) is 11.7 Å². The van der Waals surface area contributed by atoms with E-state index in [4.69, 9.17) is 4.52 Å². The van der Waals surface area contributed by atoms with E-state index < -0.39 is 0 Å². The van der Waals surface area contributed by atoms with E-state index in [-0.39, 0.29) is 11.7 Å². The second-order valence-electron chi connectivity index (χ2n) is 6.83. The molecular weight excluding hydrogens is 365 g/mol. The molecule has 0 spiro atoms. The second-order valence-corrected chi connectivity index (χ2v) is 7.61. The molecule has 1 aliphatic rings. The molecule has 3 heterocycles. The Hall–Kier alpha value is -2.54. The number of benzene rings is 1. The van der Waals surface area contributed by atoms with Crippen LogP contribution in [0.3, 0.4) is 0 Å². The second kappa shape index (κ2) is 8.00. The topological polar surface area (TPSA) is 59.2 Å². The highest BCUT2D eigenvalue weighted by molar-refractivity contribution is 7.08. The average Bonchev–Trinajstić information content (AvgIpc) is 3.39. The molecule has 1 saturated heterocycles. The number of likely N-dealkylation sites (tertiary alicyclic amines) is 1. The maximum atomic E-state index is 13.0. The molecule has 27 heavy (non-hydrogen) atoms. The van der Waals surface area contributed by atoms with E-state index >= 15 is 0 Å². The summed E-state index contributed by atoms with van der Waals surface area (Å²) in [5.74, 6) is 1.32.